The van der Waals surface area contributed by atoms with E-state index in [4.69, 9.17) is 95.1 Å². The van der Waals surface area contributed by atoms with E-state index in [1.54, 1.807) is 77.0 Å². The molecule has 122 heavy (non-hydrogen) atoms. The van der Waals surface area contributed by atoms with Gasteiger partial charge in [0, 0.05) is 0 Å². The summed E-state index contributed by atoms with van der Waals surface area (Å²) in [5.41, 5.74) is 3.54. The summed E-state index contributed by atoms with van der Waals surface area (Å²) in [6.07, 6.45) is 18.2. The molecule has 6 aromatic carbocycles. The first-order valence-electron chi connectivity index (χ1n) is 46.2. The Hall–Kier alpha value is -6.76. The van der Waals surface area contributed by atoms with E-state index in [2.05, 4.69) is 53.7 Å². The summed E-state index contributed by atoms with van der Waals surface area (Å²) >= 11 is 0. The Bertz CT molecular complexity index is 3440. The number of hydrogen-bond acceptors (Lipinski definition) is 20. The molecule has 9 aliphatic rings. The molecule has 20 nitrogen and oxygen atoms in total. The molecular formula is C102H156O20. The topological polar surface area (TPSA) is 205 Å². The van der Waals surface area contributed by atoms with E-state index in [1.807, 2.05) is 216 Å². The molecule has 0 amide bonds. The van der Waals surface area contributed by atoms with Crippen LogP contribution < -0.4 is 37.9 Å². The monoisotopic (exact) mass is 1700 g/mol. The van der Waals surface area contributed by atoms with Crippen LogP contribution in [-0.2, 0) is 62.9 Å². The van der Waals surface area contributed by atoms with Crippen molar-refractivity contribution in [3.63, 3.8) is 0 Å². The predicted octanol–water partition coefficient (Wildman–Crippen LogP) is 21.5. The van der Waals surface area contributed by atoms with Crippen LogP contribution in [0.3, 0.4) is 0 Å². The van der Waals surface area contributed by atoms with Crippen LogP contribution in [0.1, 0.15) is 205 Å². The fourth-order valence-electron chi connectivity index (χ4n) is 16.4. The minimum Gasteiger partial charge on any atom is -0.491 e. The highest BCUT2D eigenvalue weighted by atomic mass is 16.7. The number of fused-ring (bicyclic) bond motifs is 10. The maximum atomic E-state index is 8.40. The van der Waals surface area contributed by atoms with Gasteiger partial charge in [0.25, 0.3) is 0 Å². The number of aryl methyl sites for hydroxylation is 1. The van der Waals surface area contributed by atoms with E-state index >= 15 is 0 Å². The zero-order valence-corrected chi connectivity index (χ0v) is 77.4. The zero-order valence-electron chi connectivity index (χ0n) is 77.4. The Morgan fingerprint density at radius 2 is 0.623 bits per heavy atom. The highest BCUT2D eigenvalue weighted by molar-refractivity contribution is 5.46. The summed E-state index contributed by atoms with van der Waals surface area (Å²) in [5.74, 6) is 15.6. The van der Waals surface area contributed by atoms with Gasteiger partial charge in [-0.05, 0) is 241 Å². The quantitative estimate of drug-likeness (QED) is 0.0215. The molecule has 6 aromatic rings. The van der Waals surface area contributed by atoms with Gasteiger partial charge in [-0.15, -0.1) is 0 Å². The van der Waals surface area contributed by atoms with Crippen LogP contribution in [0.2, 0.25) is 0 Å². The highest BCUT2D eigenvalue weighted by Gasteiger charge is 2.50. The standard InChI is InChI=1S/C36H54O10.C23H32O6.2C10H16.C9H10O2.C8H10O2.3C2H6/c1-25(45-31-11-9-27(35(3,4)5)19-33(31)43-23-29-21-41-29)39-17-15-37-13-14-38-16-18-40-26(2)46-32-12-10-28(36(6,7)8)20-34(32)44-24-30-22-42-30;1-19-9-11-23(12-10-19)29-21(3)27-18-16-25-14-13-24-15-17-26-20(2)28-22-7-5-4-6-8-22;2*1-2-9-7-4-5-8(6-7)10(9)3-1;1-2-4-8(5-3-1)10-6-9-7-11-9;9-6-7-10-8-4-2-1-3-5-8;3*1-2/h9-12,19-20,25-26,29-30H,13-18,21-24H2,1-8H3;4-12,20-21H,13-18H2,1-3H3;2*7-10H,1-6H2;1-5,9H,6-7H2;1-5,9H,6-7H2;3*1-2H3. The lowest BCUT2D eigenvalue weighted by Crippen LogP contribution is -2.21. The highest BCUT2D eigenvalue weighted by Crippen LogP contribution is 2.59. The fourth-order valence-corrected chi connectivity index (χ4v) is 16.4. The molecule has 6 saturated carbocycles. The minimum absolute atomic E-state index is 0.000543. The van der Waals surface area contributed by atoms with Crippen molar-refractivity contribution in [1.29, 1.82) is 0 Å². The molecule has 15 atom stereocenters. The lowest BCUT2D eigenvalue weighted by Gasteiger charge is -2.23. The van der Waals surface area contributed by atoms with Crippen molar-refractivity contribution >= 4 is 0 Å². The predicted molar refractivity (Wildman–Crippen MR) is 484 cm³/mol. The maximum absolute atomic E-state index is 8.40. The van der Waals surface area contributed by atoms with Gasteiger partial charge in [0.05, 0.1) is 106 Å². The number of rotatable bonds is 42. The van der Waals surface area contributed by atoms with Gasteiger partial charge in [0.1, 0.15) is 67.7 Å². The summed E-state index contributed by atoms with van der Waals surface area (Å²) in [4.78, 5) is 0. The lowest BCUT2D eigenvalue weighted by molar-refractivity contribution is -0.0950. The second kappa shape index (κ2) is 57.8. The summed E-state index contributed by atoms with van der Waals surface area (Å²) in [6, 6.07) is 48.8. The zero-order chi connectivity index (χ0) is 87.8. The van der Waals surface area contributed by atoms with E-state index in [0.717, 1.165) is 42.8 Å². The molecule has 4 bridgehead atoms. The van der Waals surface area contributed by atoms with Gasteiger partial charge in [-0.25, -0.2) is 0 Å². The van der Waals surface area contributed by atoms with Crippen LogP contribution in [0.25, 0.3) is 0 Å². The van der Waals surface area contributed by atoms with Crippen molar-refractivity contribution in [3.8, 4) is 46.0 Å². The summed E-state index contributed by atoms with van der Waals surface area (Å²) in [7, 11) is 0. The third-order valence-corrected chi connectivity index (χ3v) is 22.7. The summed E-state index contributed by atoms with van der Waals surface area (Å²) < 4.78 is 106. The van der Waals surface area contributed by atoms with Crippen LogP contribution in [0, 0.1) is 54.3 Å². The molecule has 9 fully saturated rings. The number of para-hydroxylation sites is 3. The number of aliphatic hydroxyl groups is 1. The van der Waals surface area contributed by atoms with Gasteiger partial charge >= 0.3 is 0 Å². The molecule has 684 valence electrons. The van der Waals surface area contributed by atoms with Gasteiger partial charge in [0.15, 0.2) is 48.2 Å². The van der Waals surface area contributed by atoms with Crippen LogP contribution in [0.15, 0.2) is 152 Å². The molecule has 15 rings (SSSR count). The number of aliphatic hydroxyl groups excluding tert-OH is 1. The van der Waals surface area contributed by atoms with Gasteiger partial charge < -0.3 is 95.1 Å². The molecule has 3 aliphatic heterocycles. The molecule has 15 unspecified atom stereocenters. The first-order valence-corrected chi connectivity index (χ1v) is 46.2. The Morgan fingerprint density at radius 3 is 0.943 bits per heavy atom. The second-order valence-electron chi connectivity index (χ2n) is 33.8. The molecule has 3 heterocycles. The van der Waals surface area contributed by atoms with E-state index < -0.39 is 12.6 Å². The Balaban J connectivity index is 0.000000225. The molecular weight excluding hydrogens is 1550 g/mol. The van der Waals surface area contributed by atoms with Crippen molar-refractivity contribution < 1.29 is 95.1 Å². The van der Waals surface area contributed by atoms with E-state index in [1.165, 1.54) is 64.0 Å². The average Bonchev–Trinajstić information content (AvgIpc) is 1.63. The maximum Gasteiger partial charge on any atom is 0.197 e. The van der Waals surface area contributed by atoms with Crippen LogP contribution >= 0.6 is 0 Å². The second-order valence-corrected chi connectivity index (χ2v) is 33.8. The van der Waals surface area contributed by atoms with Gasteiger partial charge in [0.2, 0.25) is 0 Å². The third kappa shape index (κ3) is 39.8. The van der Waals surface area contributed by atoms with E-state index in [9.17, 15) is 0 Å². The first-order chi connectivity index (χ1) is 59.3. The Morgan fingerprint density at radius 1 is 0.328 bits per heavy atom. The smallest absolute Gasteiger partial charge is 0.197 e. The fraction of sp³-hybridized carbons (Fsp3) is 0.647. The first kappa shape index (κ1) is 102. The van der Waals surface area contributed by atoms with Crippen molar-refractivity contribution in [1.82, 2.24) is 0 Å². The Labute approximate surface area is 734 Å². The molecule has 0 spiro atoms. The van der Waals surface area contributed by atoms with E-state index in [-0.39, 0.29) is 42.2 Å². The average molecular weight is 1700 g/mol. The van der Waals surface area contributed by atoms with Crippen molar-refractivity contribution in [2.24, 2.45) is 47.3 Å². The van der Waals surface area contributed by atoms with E-state index in [0.29, 0.717) is 135 Å². The Kier molecular flexibility index (Phi) is 48.5. The number of ether oxygens (including phenoxy) is 19. The van der Waals surface area contributed by atoms with Crippen molar-refractivity contribution in [3.05, 3.63) is 168 Å². The summed E-state index contributed by atoms with van der Waals surface area (Å²) in [5, 5.41) is 8.40. The third-order valence-electron chi connectivity index (χ3n) is 22.7. The summed E-state index contributed by atoms with van der Waals surface area (Å²) in [6.45, 7) is 44.4. The van der Waals surface area contributed by atoms with Crippen LogP contribution in [0.4, 0.5) is 0 Å². The van der Waals surface area contributed by atoms with Gasteiger partial charge in [-0.1, -0.05) is 180 Å². The number of hydrogen-bond donors (Lipinski definition) is 1. The van der Waals surface area contributed by atoms with Gasteiger partial charge in [-0.2, -0.15) is 0 Å². The molecule has 0 aromatic heterocycles. The molecule has 1 N–H and O–H groups in total. The van der Waals surface area contributed by atoms with Crippen LogP contribution in [-0.4, -0.2) is 181 Å². The van der Waals surface area contributed by atoms with Crippen molar-refractivity contribution in [2.75, 3.05) is 132 Å². The molecule has 0 radical (unpaired) electrons. The number of benzene rings is 6. The molecule has 3 saturated heterocycles. The molecule has 6 aliphatic carbocycles. The van der Waals surface area contributed by atoms with Crippen LogP contribution in [0.5, 0.6) is 46.0 Å². The SMILES string of the molecule is C1CC2C3CCC(C3)C2C1.C1CC2C3CCC(C3)C2C1.CC.CC.CC.CC(OCCOCCOCCOC(C)Oc1ccc(C(C)(C)C)cc1OCC1CO1)Oc1ccc(C(C)(C)C)cc1OCC1CO1.Cc1ccc(OC(C)OCCOCCOCCOC(C)Oc2ccccc2)cc1.OCCOc1ccccc1.c1ccc(OCC2CO2)cc1. The lowest BCUT2D eigenvalue weighted by atomic mass is 9.82. The molecule has 20 heteroatoms. The number of epoxide rings is 3. The largest absolute Gasteiger partial charge is 0.491 e. The van der Waals surface area contributed by atoms with Crippen molar-refractivity contribution in [2.45, 2.75) is 249 Å². The normalized spacial score (nSPS) is 22.5. The van der Waals surface area contributed by atoms with Gasteiger partial charge in [-0.3, -0.25) is 0 Å². The minimum atomic E-state index is -0.465.